The van der Waals surface area contributed by atoms with E-state index in [2.05, 4.69) is 0 Å². The number of benzene rings is 1. The lowest BCUT2D eigenvalue weighted by molar-refractivity contribution is -0.255. The van der Waals surface area contributed by atoms with Gasteiger partial charge in [-0.2, -0.15) is 43.9 Å². The molecule has 1 aromatic rings. The van der Waals surface area contributed by atoms with Crippen LogP contribution in [0.4, 0.5) is 61.5 Å². The molecule has 0 amide bonds. The summed E-state index contributed by atoms with van der Waals surface area (Å²) < 4.78 is 183. The third-order valence-corrected chi connectivity index (χ3v) is 3.35. The van der Waals surface area contributed by atoms with Crippen LogP contribution in [-0.2, 0) is 5.92 Å². The van der Waals surface area contributed by atoms with E-state index in [-0.39, 0.29) is 0 Å². The van der Waals surface area contributed by atoms with Gasteiger partial charge in [-0.15, -0.1) is 0 Å². The highest BCUT2D eigenvalue weighted by molar-refractivity contribution is 5.84. The second-order valence-electron chi connectivity index (χ2n) is 4.90. The molecule has 0 bridgehead atoms. The highest BCUT2D eigenvalue weighted by Gasteiger charge is 2.71. The number of rotatable bonds is 1. The molecule has 0 saturated heterocycles. The molecule has 1 aliphatic carbocycles. The van der Waals surface area contributed by atoms with Gasteiger partial charge in [-0.3, -0.25) is 0 Å². The summed E-state index contributed by atoms with van der Waals surface area (Å²) in [6.45, 7) is 0. The summed E-state index contributed by atoms with van der Waals surface area (Å²) in [6.07, 6.45) is -13.7. The molecule has 0 unspecified atom stereocenters. The Kier molecular flexibility index (Phi) is 4.10. The molecular formula is C12F14. The van der Waals surface area contributed by atoms with Crippen molar-refractivity contribution in [2.24, 2.45) is 0 Å². The monoisotopic (exact) mass is 410 g/mol. The molecule has 0 atom stereocenters. The van der Waals surface area contributed by atoms with E-state index in [9.17, 15) is 61.5 Å². The zero-order valence-electron chi connectivity index (χ0n) is 11.3. The third-order valence-electron chi connectivity index (χ3n) is 3.35. The van der Waals surface area contributed by atoms with Crippen molar-refractivity contribution in [1.29, 1.82) is 0 Å². The minimum atomic E-state index is -6.98. The van der Waals surface area contributed by atoms with Gasteiger partial charge in [-0.1, -0.05) is 0 Å². The third kappa shape index (κ3) is 2.44. The smallest absolute Gasteiger partial charge is 0.203 e. The molecule has 0 spiro atoms. The van der Waals surface area contributed by atoms with E-state index < -0.39 is 69.7 Å². The highest BCUT2D eigenvalue weighted by atomic mass is 19.4. The maximum absolute atomic E-state index is 13.8. The average molecular weight is 410 g/mol. The van der Waals surface area contributed by atoms with Crippen molar-refractivity contribution in [2.75, 3.05) is 0 Å². The molecule has 0 heterocycles. The van der Waals surface area contributed by atoms with Gasteiger partial charge in [0, 0.05) is 5.56 Å². The first-order chi connectivity index (χ1) is 11.4. The first-order valence-electron chi connectivity index (χ1n) is 5.90. The molecular weight excluding hydrogens is 410 g/mol. The Balaban J connectivity index is 3.14. The lowest BCUT2D eigenvalue weighted by Crippen LogP contribution is -2.39. The first-order valence-corrected chi connectivity index (χ1v) is 5.90. The van der Waals surface area contributed by atoms with E-state index in [1.165, 1.54) is 0 Å². The van der Waals surface area contributed by atoms with Crippen LogP contribution in [0, 0.1) is 23.3 Å². The van der Waals surface area contributed by atoms with E-state index in [1.54, 1.807) is 0 Å². The summed E-state index contributed by atoms with van der Waals surface area (Å²) in [5, 5.41) is 0. The predicted molar refractivity (Wildman–Crippen MR) is 54.1 cm³/mol. The van der Waals surface area contributed by atoms with Gasteiger partial charge in [0.15, 0.2) is 23.3 Å². The summed E-state index contributed by atoms with van der Waals surface area (Å²) >= 11 is 0. The Labute approximate surface area is 132 Å². The lowest BCUT2D eigenvalue weighted by Gasteiger charge is -2.24. The summed E-state index contributed by atoms with van der Waals surface area (Å²) in [5.74, 6) is -25.6. The molecule has 26 heavy (non-hydrogen) atoms. The molecule has 1 aliphatic rings. The molecule has 14 heteroatoms. The van der Waals surface area contributed by atoms with Crippen molar-refractivity contribution in [3.05, 3.63) is 40.0 Å². The topological polar surface area (TPSA) is 0 Å². The van der Waals surface area contributed by atoms with Gasteiger partial charge >= 0.3 is 24.2 Å². The molecule has 1 aromatic carbocycles. The standard InChI is InChI=1S/C12F14/c13-4-1-2(5(14)7(16)6(4)15)9(17,18)8(11(21,22)23)3(1)10(19,20)12(24,25)26. The second kappa shape index (κ2) is 5.25. The Morgan fingerprint density at radius 2 is 1.04 bits per heavy atom. The van der Waals surface area contributed by atoms with Crippen LogP contribution in [0.1, 0.15) is 11.1 Å². The minimum Gasteiger partial charge on any atom is -0.203 e. The van der Waals surface area contributed by atoms with Crippen LogP contribution in [-0.4, -0.2) is 18.3 Å². The zero-order valence-corrected chi connectivity index (χ0v) is 11.3. The molecule has 0 nitrogen and oxygen atoms in total. The maximum atomic E-state index is 13.8. The van der Waals surface area contributed by atoms with E-state index in [4.69, 9.17) is 0 Å². The minimum absolute atomic E-state index is 3.04. The number of fused-ring (bicyclic) bond motifs is 1. The zero-order chi connectivity index (χ0) is 20.6. The van der Waals surface area contributed by atoms with E-state index in [0.29, 0.717) is 0 Å². The Morgan fingerprint density at radius 3 is 1.42 bits per heavy atom. The van der Waals surface area contributed by atoms with E-state index >= 15 is 0 Å². The van der Waals surface area contributed by atoms with Crippen molar-refractivity contribution >= 4 is 5.57 Å². The Bertz CT molecular complexity index is 807. The van der Waals surface area contributed by atoms with Crippen LogP contribution >= 0.6 is 0 Å². The largest absolute Gasteiger partial charge is 0.458 e. The normalized spacial score (nSPS) is 17.8. The Morgan fingerprint density at radius 1 is 0.615 bits per heavy atom. The van der Waals surface area contributed by atoms with E-state index in [1.807, 2.05) is 0 Å². The fraction of sp³-hybridized carbons (Fsp3) is 0.333. The summed E-state index contributed by atoms with van der Waals surface area (Å²) in [6, 6.07) is 0. The number of hydrogen-bond acceptors (Lipinski definition) is 0. The number of halogens is 14. The fourth-order valence-electron chi connectivity index (χ4n) is 2.34. The summed E-state index contributed by atoms with van der Waals surface area (Å²) in [7, 11) is 0. The van der Waals surface area contributed by atoms with Gasteiger partial charge < -0.3 is 0 Å². The van der Waals surface area contributed by atoms with Crippen LogP contribution in [0.15, 0.2) is 5.57 Å². The average Bonchev–Trinajstić information content (AvgIpc) is 2.69. The quantitative estimate of drug-likeness (QED) is 0.309. The van der Waals surface area contributed by atoms with Crippen LogP contribution in [0.2, 0.25) is 0 Å². The molecule has 0 fully saturated rings. The molecule has 0 radical (unpaired) electrons. The van der Waals surface area contributed by atoms with Gasteiger partial charge in [0.1, 0.15) is 5.57 Å². The van der Waals surface area contributed by atoms with Crippen molar-refractivity contribution in [2.45, 2.75) is 24.2 Å². The second-order valence-corrected chi connectivity index (χ2v) is 4.90. The maximum Gasteiger partial charge on any atom is 0.458 e. The molecule has 2 rings (SSSR count). The predicted octanol–water partition coefficient (Wildman–Crippen LogP) is 5.86. The van der Waals surface area contributed by atoms with E-state index in [0.717, 1.165) is 0 Å². The molecule has 0 aromatic heterocycles. The molecule has 0 aliphatic heterocycles. The summed E-state index contributed by atoms with van der Waals surface area (Å²) in [5.41, 5.74) is -13.9. The molecule has 146 valence electrons. The lowest BCUT2D eigenvalue weighted by atomic mass is 9.97. The van der Waals surface area contributed by atoms with Gasteiger partial charge in [0.05, 0.1) is 11.1 Å². The van der Waals surface area contributed by atoms with Gasteiger partial charge in [-0.05, 0) is 0 Å². The number of hydrogen-bond donors (Lipinski definition) is 0. The van der Waals surface area contributed by atoms with Gasteiger partial charge in [0.25, 0.3) is 0 Å². The SMILES string of the molecule is Fc1c(F)c(F)c2c(c1F)C(C(F)(F)C(F)(F)F)=C(C(F)(F)F)C2(F)F. The van der Waals surface area contributed by atoms with Crippen LogP contribution in [0.5, 0.6) is 0 Å². The van der Waals surface area contributed by atoms with Gasteiger partial charge in [0.2, 0.25) is 0 Å². The fourth-order valence-corrected chi connectivity index (χ4v) is 2.34. The van der Waals surface area contributed by atoms with Crippen molar-refractivity contribution in [1.82, 2.24) is 0 Å². The van der Waals surface area contributed by atoms with Crippen molar-refractivity contribution in [3.63, 3.8) is 0 Å². The Hall–Kier alpha value is -2.02. The highest BCUT2D eigenvalue weighted by Crippen LogP contribution is 2.62. The molecule has 0 saturated carbocycles. The van der Waals surface area contributed by atoms with Crippen LogP contribution in [0.25, 0.3) is 5.57 Å². The van der Waals surface area contributed by atoms with Gasteiger partial charge in [-0.25, -0.2) is 17.6 Å². The molecule has 0 N–H and O–H groups in total. The van der Waals surface area contributed by atoms with Crippen LogP contribution < -0.4 is 0 Å². The summed E-state index contributed by atoms with van der Waals surface area (Å²) in [4.78, 5) is 0. The number of allylic oxidation sites excluding steroid dienone is 2. The van der Waals surface area contributed by atoms with Crippen molar-refractivity contribution in [3.8, 4) is 0 Å². The first kappa shape index (κ1) is 20.3. The van der Waals surface area contributed by atoms with Crippen LogP contribution in [0.3, 0.4) is 0 Å². The van der Waals surface area contributed by atoms with Crippen molar-refractivity contribution < 1.29 is 61.5 Å². The number of alkyl halides is 10.